The Morgan fingerprint density at radius 3 is 2.73 bits per heavy atom. The molecule has 1 saturated carbocycles. The molecule has 1 saturated heterocycles. The molecule has 30 heavy (non-hydrogen) atoms. The lowest BCUT2D eigenvalue weighted by Crippen LogP contribution is -2.34. The fraction of sp³-hybridized carbons (Fsp3) is 0.348. The van der Waals surface area contributed by atoms with Crippen molar-refractivity contribution in [3.63, 3.8) is 0 Å². The van der Waals surface area contributed by atoms with Crippen LogP contribution in [0.1, 0.15) is 47.0 Å². The SMILES string of the molecule is NC(=O)c1cccc(CN2CCC3(CC2)C[C@H]3c2nnc(-c3cccc(F)c3)o2)c1. The summed E-state index contributed by atoms with van der Waals surface area (Å²) in [5.41, 5.74) is 7.88. The van der Waals surface area contributed by atoms with Crippen LogP contribution >= 0.6 is 0 Å². The van der Waals surface area contributed by atoms with E-state index >= 15 is 0 Å². The molecule has 2 aliphatic rings. The molecule has 2 aromatic carbocycles. The van der Waals surface area contributed by atoms with Gasteiger partial charge in [-0.15, -0.1) is 10.2 Å². The third kappa shape index (κ3) is 3.61. The molecule has 5 rings (SSSR count). The normalized spacial score (nSPS) is 20.4. The van der Waals surface area contributed by atoms with E-state index in [-0.39, 0.29) is 17.2 Å². The van der Waals surface area contributed by atoms with Crippen LogP contribution in [0.2, 0.25) is 0 Å². The minimum absolute atomic E-state index is 0.233. The van der Waals surface area contributed by atoms with Crippen LogP contribution in [0.4, 0.5) is 4.39 Å². The predicted molar refractivity (Wildman–Crippen MR) is 109 cm³/mol. The summed E-state index contributed by atoms with van der Waals surface area (Å²) in [6.45, 7) is 2.79. The topological polar surface area (TPSA) is 85.3 Å². The zero-order chi connectivity index (χ0) is 20.7. The minimum atomic E-state index is -0.396. The van der Waals surface area contributed by atoms with Crippen molar-refractivity contribution in [3.05, 3.63) is 71.4 Å². The van der Waals surface area contributed by atoms with Crippen LogP contribution in [0, 0.1) is 11.2 Å². The number of rotatable bonds is 5. The van der Waals surface area contributed by atoms with E-state index < -0.39 is 5.91 Å². The Kier molecular flexibility index (Phi) is 4.62. The van der Waals surface area contributed by atoms with E-state index in [1.54, 1.807) is 18.2 Å². The third-order valence-electron chi connectivity index (χ3n) is 6.47. The highest BCUT2D eigenvalue weighted by molar-refractivity contribution is 5.92. The van der Waals surface area contributed by atoms with Crippen molar-refractivity contribution in [2.45, 2.75) is 31.7 Å². The summed E-state index contributed by atoms with van der Waals surface area (Å²) in [6.07, 6.45) is 3.21. The van der Waals surface area contributed by atoms with E-state index in [2.05, 4.69) is 15.1 Å². The lowest BCUT2D eigenvalue weighted by molar-refractivity contribution is 0.1000. The number of piperidine rings is 1. The number of aromatic nitrogens is 2. The van der Waals surface area contributed by atoms with Crippen LogP contribution in [0.25, 0.3) is 11.5 Å². The highest BCUT2D eigenvalue weighted by Gasteiger charge is 2.58. The molecule has 1 aromatic heterocycles. The Hall–Kier alpha value is -3.06. The van der Waals surface area contributed by atoms with Crippen LogP contribution < -0.4 is 5.73 Å². The summed E-state index contributed by atoms with van der Waals surface area (Å²) in [5.74, 6) is 0.610. The van der Waals surface area contributed by atoms with Crippen molar-refractivity contribution in [2.75, 3.05) is 13.1 Å². The van der Waals surface area contributed by atoms with Gasteiger partial charge < -0.3 is 10.2 Å². The Morgan fingerprint density at radius 2 is 1.97 bits per heavy atom. The average Bonchev–Trinajstić information content (AvgIpc) is 3.21. The number of carbonyl (C=O) groups is 1. The lowest BCUT2D eigenvalue weighted by atomic mass is 9.90. The molecule has 2 heterocycles. The second-order valence-electron chi connectivity index (χ2n) is 8.42. The van der Waals surface area contributed by atoms with Gasteiger partial charge >= 0.3 is 0 Å². The molecule has 6 nitrogen and oxygen atoms in total. The predicted octanol–water partition coefficient (Wildman–Crippen LogP) is 3.74. The number of halogens is 1. The first-order valence-corrected chi connectivity index (χ1v) is 10.2. The molecule has 0 radical (unpaired) electrons. The van der Waals surface area contributed by atoms with E-state index in [0.717, 1.165) is 44.5 Å². The molecule has 2 N–H and O–H groups in total. The molecule has 2 fully saturated rings. The highest BCUT2D eigenvalue weighted by Crippen LogP contribution is 2.64. The minimum Gasteiger partial charge on any atom is -0.420 e. The zero-order valence-corrected chi connectivity index (χ0v) is 16.6. The molecule has 154 valence electrons. The average molecular weight is 406 g/mol. The maximum Gasteiger partial charge on any atom is 0.248 e. The van der Waals surface area contributed by atoms with Crippen LogP contribution in [0.15, 0.2) is 52.9 Å². The number of benzene rings is 2. The van der Waals surface area contributed by atoms with E-state index in [1.807, 2.05) is 18.2 Å². The standard InChI is InChI=1S/C23H23FN4O2/c24-18-6-2-5-17(12-18)21-26-27-22(30-21)19-13-23(19)7-9-28(10-8-23)14-15-3-1-4-16(11-15)20(25)29/h1-6,11-12,19H,7-10,13-14H2,(H2,25,29)/t19-/m0/s1. The highest BCUT2D eigenvalue weighted by atomic mass is 19.1. The van der Waals surface area contributed by atoms with Crippen LogP contribution in [-0.2, 0) is 6.54 Å². The zero-order valence-electron chi connectivity index (χ0n) is 16.6. The second-order valence-corrected chi connectivity index (χ2v) is 8.42. The first kappa shape index (κ1) is 18.9. The molecule has 1 amide bonds. The fourth-order valence-corrected chi connectivity index (χ4v) is 4.60. The summed E-state index contributed by atoms with van der Waals surface area (Å²) in [5, 5.41) is 8.38. The van der Waals surface area contributed by atoms with Gasteiger partial charge in [-0.05, 0) is 73.7 Å². The van der Waals surface area contributed by atoms with Crippen molar-refractivity contribution in [2.24, 2.45) is 11.1 Å². The monoisotopic (exact) mass is 406 g/mol. The van der Waals surface area contributed by atoms with Gasteiger partial charge in [0, 0.05) is 23.6 Å². The maximum absolute atomic E-state index is 13.5. The second kappa shape index (κ2) is 7.32. The molecule has 0 bridgehead atoms. The van der Waals surface area contributed by atoms with Crippen molar-refractivity contribution >= 4 is 5.91 Å². The summed E-state index contributed by atoms with van der Waals surface area (Å²) in [4.78, 5) is 13.8. The molecule has 3 aromatic rings. The molecular weight excluding hydrogens is 383 g/mol. The quantitative estimate of drug-likeness (QED) is 0.698. The number of carbonyl (C=O) groups excluding carboxylic acids is 1. The number of primary amides is 1. The van der Waals surface area contributed by atoms with Crippen LogP contribution in [0.5, 0.6) is 0 Å². The Labute approximate surface area is 173 Å². The maximum atomic E-state index is 13.5. The number of nitrogens with zero attached hydrogens (tertiary/aromatic N) is 3. The van der Waals surface area contributed by atoms with Crippen molar-refractivity contribution < 1.29 is 13.6 Å². The summed E-state index contributed by atoms with van der Waals surface area (Å²) >= 11 is 0. The van der Waals surface area contributed by atoms with Gasteiger partial charge in [0.05, 0.1) is 0 Å². The molecule has 1 aliphatic heterocycles. The Morgan fingerprint density at radius 1 is 1.17 bits per heavy atom. The van der Waals surface area contributed by atoms with Gasteiger partial charge in [-0.3, -0.25) is 9.69 Å². The number of likely N-dealkylation sites (tertiary alicyclic amines) is 1. The first-order valence-electron chi connectivity index (χ1n) is 10.2. The lowest BCUT2D eigenvalue weighted by Gasteiger charge is -2.32. The third-order valence-corrected chi connectivity index (χ3v) is 6.47. The van der Waals surface area contributed by atoms with Gasteiger partial charge in [-0.1, -0.05) is 18.2 Å². The van der Waals surface area contributed by atoms with Crippen molar-refractivity contribution in [3.8, 4) is 11.5 Å². The fourth-order valence-electron chi connectivity index (χ4n) is 4.60. The van der Waals surface area contributed by atoms with Gasteiger partial charge in [-0.25, -0.2) is 4.39 Å². The van der Waals surface area contributed by atoms with Crippen molar-refractivity contribution in [1.29, 1.82) is 0 Å². The summed E-state index contributed by atoms with van der Waals surface area (Å²) in [6, 6.07) is 13.7. The van der Waals surface area contributed by atoms with Gasteiger partial charge in [0.2, 0.25) is 17.7 Å². The van der Waals surface area contributed by atoms with E-state index in [9.17, 15) is 9.18 Å². The van der Waals surface area contributed by atoms with Gasteiger partial charge in [0.1, 0.15) is 5.82 Å². The largest absolute Gasteiger partial charge is 0.420 e. The molecule has 7 heteroatoms. The summed E-state index contributed by atoms with van der Waals surface area (Å²) < 4.78 is 19.3. The molecule has 1 atom stereocenters. The summed E-state index contributed by atoms with van der Waals surface area (Å²) in [7, 11) is 0. The van der Waals surface area contributed by atoms with Crippen LogP contribution in [-0.4, -0.2) is 34.1 Å². The van der Waals surface area contributed by atoms with Gasteiger partial charge in [0.25, 0.3) is 0 Å². The number of amides is 1. The first-order chi connectivity index (χ1) is 14.5. The smallest absolute Gasteiger partial charge is 0.248 e. The van der Waals surface area contributed by atoms with Crippen molar-refractivity contribution in [1.82, 2.24) is 15.1 Å². The molecular formula is C23H23FN4O2. The Bertz CT molecular complexity index is 1090. The number of hydrogen-bond acceptors (Lipinski definition) is 5. The van der Waals surface area contributed by atoms with E-state index in [4.69, 9.17) is 10.2 Å². The molecule has 1 spiro atoms. The van der Waals surface area contributed by atoms with Gasteiger partial charge in [-0.2, -0.15) is 0 Å². The van der Waals surface area contributed by atoms with E-state index in [0.29, 0.717) is 22.9 Å². The van der Waals surface area contributed by atoms with Gasteiger partial charge in [0.15, 0.2) is 0 Å². The molecule has 0 unspecified atom stereocenters. The molecule has 1 aliphatic carbocycles. The number of hydrogen-bond donors (Lipinski definition) is 1. The number of nitrogens with two attached hydrogens (primary N) is 1. The Balaban J connectivity index is 1.21. The van der Waals surface area contributed by atoms with Crippen LogP contribution in [0.3, 0.4) is 0 Å². The van der Waals surface area contributed by atoms with E-state index in [1.165, 1.54) is 12.1 Å².